The quantitative estimate of drug-likeness (QED) is 0.570. The molecule has 3 unspecified atom stereocenters. The predicted octanol–water partition coefficient (Wildman–Crippen LogP) is 4.75. The van der Waals surface area contributed by atoms with Crippen molar-refractivity contribution in [3.8, 4) is 0 Å². The van der Waals surface area contributed by atoms with Gasteiger partial charge in [-0.2, -0.15) is 13.2 Å². The number of Topliss-reactive ketones (excluding diaryl/α,β-unsaturated/α-hetero) is 1. The molecule has 0 saturated carbocycles. The van der Waals surface area contributed by atoms with Crippen molar-refractivity contribution in [1.82, 2.24) is 10.6 Å². The van der Waals surface area contributed by atoms with Crippen molar-refractivity contribution in [3.05, 3.63) is 68.7 Å². The number of carbonyl (C=O) groups is 2. The topological polar surface area (TPSA) is 78.4 Å². The summed E-state index contributed by atoms with van der Waals surface area (Å²) in [7, 11) is 0. The highest BCUT2D eigenvalue weighted by molar-refractivity contribution is 6.42. The maximum absolute atomic E-state index is 13.8. The second-order valence-electron chi connectivity index (χ2n) is 6.36. The number of aliphatic hydroxyl groups is 1. The second kappa shape index (κ2) is 7.68. The van der Waals surface area contributed by atoms with Gasteiger partial charge in [0.1, 0.15) is 5.92 Å². The first-order valence-electron chi connectivity index (χ1n) is 8.06. The smallest absolute Gasteiger partial charge is 0.363 e. The van der Waals surface area contributed by atoms with Gasteiger partial charge in [-0.15, -0.1) is 0 Å². The number of benzene rings is 2. The van der Waals surface area contributed by atoms with Gasteiger partial charge in [0, 0.05) is 10.6 Å². The van der Waals surface area contributed by atoms with E-state index in [0.29, 0.717) is 0 Å². The number of carbonyl (C=O) groups excluding carboxylic acids is 2. The third kappa shape index (κ3) is 4.02. The lowest BCUT2D eigenvalue weighted by Crippen LogP contribution is -2.72. The summed E-state index contributed by atoms with van der Waals surface area (Å²) in [6, 6.07) is 6.09. The Bertz CT molecular complexity index is 969. The van der Waals surface area contributed by atoms with Crippen molar-refractivity contribution in [3.63, 3.8) is 0 Å². The van der Waals surface area contributed by atoms with Crippen LogP contribution < -0.4 is 10.6 Å². The van der Waals surface area contributed by atoms with E-state index in [2.05, 4.69) is 5.32 Å². The molecule has 1 fully saturated rings. The number of amides is 2. The number of hydrogen-bond acceptors (Lipinski definition) is 3. The van der Waals surface area contributed by atoms with Crippen molar-refractivity contribution < 1.29 is 27.9 Å². The predicted molar refractivity (Wildman–Crippen MR) is 101 cm³/mol. The van der Waals surface area contributed by atoms with Gasteiger partial charge < -0.3 is 15.7 Å². The molecule has 0 radical (unpaired) electrons. The molecule has 0 bridgehead atoms. The molecule has 29 heavy (non-hydrogen) atoms. The highest BCUT2D eigenvalue weighted by atomic mass is 35.5. The Labute approximate surface area is 177 Å². The molecule has 2 aromatic carbocycles. The Morgan fingerprint density at radius 2 is 1.66 bits per heavy atom. The molecular formula is C18H12Cl3F3N2O3. The lowest BCUT2D eigenvalue weighted by molar-refractivity contribution is -0.287. The Hall–Kier alpha value is -2.00. The van der Waals surface area contributed by atoms with Gasteiger partial charge >= 0.3 is 12.2 Å². The zero-order chi connectivity index (χ0) is 21.6. The lowest BCUT2D eigenvalue weighted by Gasteiger charge is -2.45. The highest BCUT2D eigenvalue weighted by Crippen LogP contribution is 2.44. The van der Waals surface area contributed by atoms with Crippen LogP contribution in [0.4, 0.5) is 18.0 Å². The van der Waals surface area contributed by atoms with E-state index in [1.807, 2.05) is 0 Å². The van der Waals surface area contributed by atoms with Gasteiger partial charge in [-0.3, -0.25) is 4.79 Å². The Morgan fingerprint density at radius 3 is 2.21 bits per heavy atom. The summed E-state index contributed by atoms with van der Waals surface area (Å²) in [5, 5.41) is 14.6. The van der Waals surface area contributed by atoms with E-state index in [-0.39, 0.29) is 26.2 Å². The molecule has 1 heterocycles. The Balaban J connectivity index is 2.17. The van der Waals surface area contributed by atoms with E-state index in [4.69, 9.17) is 34.8 Å². The van der Waals surface area contributed by atoms with Gasteiger partial charge in [0.05, 0.1) is 16.1 Å². The largest absolute Gasteiger partial charge is 0.437 e. The van der Waals surface area contributed by atoms with Gasteiger partial charge in [-0.1, -0.05) is 40.9 Å². The molecule has 2 amide bonds. The number of halogens is 6. The standard InChI is InChI=1S/C18H12Cl3F3N2O3/c19-10-4-1-8(2-5-10)15(27)13-14(9-3-6-11(20)12(21)7-9)25-16(28)26-17(13,29)18(22,23)24/h1-7,13-14,29H,(H2,25,26,28). The molecule has 1 aliphatic heterocycles. The molecular weight excluding hydrogens is 456 g/mol. The summed E-state index contributed by atoms with van der Waals surface area (Å²) < 4.78 is 41.4. The molecule has 3 atom stereocenters. The van der Waals surface area contributed by atoms with Crippen molar-refractivity contribution in [2.45, 2.75) is 17.9 Å². The first-order chi connectivity index (χ1) is 13.4. The van der Waals surface area contributed by atoms with Crippen molar-refractivity contribution in [2.75, 3.05) is 0 Å². The molecule has 11 heteroatoms. The summed E-state index contributed by atoms with van der Waals surface area (Å²) in [4.78, 5) is 25.0. The SMILES string of the molecule is O=C1NC(c2ccc(Cl)c(Cl)c2)C(C(=O)c2ccc(Cl)cc2)C(O)(C(F)(F)F)N1. The van der Waals surface area contributed by atoms with Crippen molar-refractivity contribution in [1.29, 1.82) is 0 Å². The van der Waals surface area contributed by atoms with E-state index in [1.165, 1.54) is 47.8 Å². The van der Waals surface area contributed by atoms with Crippen LogP contribution >= 0.6 is 34.8 Å². The minimum absolute atomic E-state index is 0.00480. The summed E-state index contributed by atoms with van der Waals surface area (Å²) >= 11 is 17.6. The average molecular weight is 468 g/mol. The summed E-state index contributed by atoms with van der Waals surface area (Å²) in [6.45, 7) is 0. The molecule has 0 spiro atoms. The zero-order valence-electron chi connectivity index (χ0n) is 14.2. The van der Waals surface area contributed by atoms with Crippen LogP contribution in [0.25, 0.3) is 0 Å². The fourth-order valence-corrected chi connectivity index (χ4v) is 3.55. The van der Waals surface area contributed by atoms with Crippen LogP contribution in [0.2, 0.25) is 15.1 Å². The molecule has 1 aliphatic rings. The molecule has 3 rings (SSSR count). The van der Waals surface area contributed by atoms with E-state index in [1.54, 1.807) is 0 Å². The van der Waals surface area contributed by atoms with E-state index in [9.17, 15) is 27.9 Å². The normalized spacial score (nSPS) is 24.6. The zero-order valence-corrected chi connectivity index (χ0v) is 16.5. The van der Waals surface area contributed by atoms with Gasteiger partial charge in [-0.05, 0) is 42.0 Å². The number of urea groups is 1. The lowest BCUT2D eigenvalue weighted by atomic mass is 9.77. The monoisotopic (exact) mass is 466 g/mol. The minimum atomic E-state index is -5.36. The molecule has 2 aromatic rings. The van der Waals surface area contributed by atoms with Gasteiger partial charge in [-0.25, -0.2) is 4.79 Å². The number of nitrogens with one attached hydrogen (secondary N) is 2. The first-order valence-corrected chi connectivity index (χ1v) is 9.20. The third-order valence-electron chi connectivity index (χ3n) is 4.52. The van der Waals surface area contributed by atoms with E-state index >= 15 is 0 Å². The van der Waals surface area contributed by atoms with Crippen LogP contribution in [-0.4, -0.2) is 28.8 Å². The van der Waals surface area contributed by atoms with Crippen molar-refractivity contribution >= 4 is 46.6 Å². The first kappa shape index (κ1) is 21.7. The van der Waals surface area contributed by atoms with Crippen LogP contribution in [0.5, 0.6) is 0 Å². The molecule has 154 valence electrons. The fraction of sp³-hybridized carbons (Fsp3) is 0.222. The number of alkyl halides is 3. The van der Waals surface area contributed by atoms with Crippen LogP contribution in [-0.2, 0) is 0 Å². The minimum Gasteiger partial charge on any atom is -0.363 e. The van der Waals surface area contributed by atoms with Gasteiger partial charge in [0.25, 0.3) is 0 Å². The summed E-state index contributed by atoms with van der Waals surface area (Å²) in [5.41, 5.74) is -3.91. The molecule has 3 N–H and O–H groups in total. The third-order valence-corrected chi connectivity index (χ3v) is 5.51. The van der Waals surface area contributed by atoms with Crippen molar-refractivity contribution in [2.24, 2.45) is 5.92 Å². The van der Waals surface area contributed by atoms with Crippen LogP contribution in [0.15, 0.2) is 42.5 Å². The maximum Gasteiger partial charge on any atom is 0.437 e. The second-order valence-corrected chi connectivity index (χ2v) is 7.61. The number of ketones is 1. The van der Waals surface area contributed by atoms with Crippen LogP contribution in [0.1, 0.15) is 22.0 Å². The summed E-state index contributed by atoms with van der Waals surface area (Å²) in [6.07, 6.45) is -5.36. The molecule has 1 saturated heterocycles. The average Bonchev–Trinajstić information content (AvgIpc) is 2.62. The number of hydrogen-bond donors (Lipinski definition) is 3. The van der Waals surface area contributed by atoms with Crippen LogP contribution in [0, 0.1) is 5.92 Å². The molecule has 5 nitrogen and oxygen atoms in total. The maximum atomic E-state index is 13.8. The Kier molecular flexibility index (Phi) is 5.75. The summed E-state index contributed by atoms with van der Waals surface area (Å²) in [5.74, 6) is -3.23. The molecule has 0 aromatic heterocycles. The van der Waals surface area contributed by atoms with E-state index in [0.717, 1.165) is 0 Å². The Morgan fingerprint density at radius 1 is 1.03 bits per heavy atom. The number of rotatable bonds is 3. The van der Waals surface area contributed by atoms with E-state index < -0.39 is 35.7 Å². The molecule has 0 aliphatic carbocycles. The van der Waals surface area contributed by atoms with Crippen LogP contribution in [0.3, 0.4) is 0 Å². The fourth-order valence-electron chi connectivity index (χ4n) is 3.12. The van der Waals surface area contributed by atoms with Gasteiger partial charge in [0.15, 0.2) is 5.78 Å². The highest BCUT2D eigenvalue weighted by Gasteiger charge is 2.66. The van der Waals surface area contributed by atoms with Gasteiger partial charge in [0.2, 0.25) is 5.72 Å².